The largest absolute Gasteiger partial charge is 0.457 e. The fraction of sp³-hybridized carbons (Fsp3) is 0.259. The Morgan fingerprint density at radius 3 is 1.80 bits per heavy atom. The predicted octanol–water partition coefficient (Wildman–Crippen LogP) is 15.5. The third-order valence-corrected chi connectivity index (χ3v) is 15.6. The summed E-state index contributed by atoms with van der Waals surface area (Å²) in [6.45, 7) is 23.9. The van der Waals surface area contributed by atoms with Gasteiger partial charge in [0.1, 0.15) is 17.3 Å². The van der Waals surface area contributed by atoms with Crippen LogP contribution in [-0.2, 0) is 21.7 Å². The van der Waals surface area contributed by atoms with Crippen LogP contribution in [0.25, 0.3) is 27.6 Å². The van der Waals surface area contributed by atoms with Gasteiger partial charge in [-0.2, -0.15) is 0 Å². The average molecular weight is 870 g/mol. The number of nitrogens with zero attached hydrogens (tertiary/aromatic N) is 5. The van der Waals surface area contributed by atoms with Crippen molar-refractivity contribution in [3.63, 3.8) is 0 Å². The monoisotopic (exact) mass is 869 g/mol. The van der Waals surface area contributed by atoms with Gasteiger partial charge in [0.2, 0.25) is 0 Å². The molecular formula is C58H55N5OS. The molecule has 0 aliphatic carbocycles. The average Bonchev–Trinajstić information content (AvgIpc) is 3.90. The minimum atomic E-state index is -0.191. The Kier molecular flexibility index (Phi) is 8.36. The molecule has 4 aliphatic rings. The highest BCUT2D eigenvalue weighted by molar-refractivity contribution is 7.99. The van der Waals surface area contributed by atoms with Crippen LogP contribution in [0.5, 0.6) is 11.5 Å². The summed E-state index contributed by atoms with van der Waals surface area (Å²) in [4.78, 5) is 15.0. The van der Waals surface area contributed by atoms with Crippen LogP contribution in [-0.4, -0.2) is 16.2 Å². The van der Waals surface area contributed by atoms with Crippen molar-refractivity contribution in [1.29, 1.82) is 0 Å². The second kappa shape index (κ2) is 13.6. The van der Waals surface area contributed by atoms with Gasteiger partial charge in [0.15, 0.2) is 0 Å². The molecule has 4 aliphatic heterocycles. The van der Waals surface area contributed by atoms with Crippen LogP contribution in [0.4, 0.5) is 28.4 Å². The first-order valence-corrected chi connectivity index (χ1v) is 23.8. The van der Waals surface area contributed by atoms with E-state index in [4.69, 9.17) is 9.72 Å². The fourth-order valence-electron chi connectivity index (χ4n) is 10.8. The maximum absolute atomic E-state index is 6.92. The van der Waals surface area contributed by atoms with E-state index < -0.39 is 0 Å². The highest BCUT2D eigenvalue weighted by Gasteiger charge is 2.49. The lowest BCUT2D eigenvalue weighted by Crippen LogP contribution is -2.40. The van der Waals surface area contributed by atoms with Crippen molar-refractivity contribution in [2.75, 3.05) is 21.4 Å². The third kappa shape index (κ3) is 5.97. The molecule has 2 aromatic heterocycles. The highest BCUT2D eigenvalue weighted by atomic mass is 32.2. The molecule has 0 saturated carbocycles. The summed E-state index contributed by atoms with van der Waals surface area (Å²) in [5, 5.41) is 2.36. The molecule has 6 nitrogen and oxygen atoms in total. The molecule has 12 rings (SSSR count). The normalized spacial score (nSPS) is 16.4. The Labute approximate surface area is 387 Å². The quantitative estimate of drug-likeness (QED) is 0.172. The van der Waals surface area contributed by atoms with Crippen LogP contribution in [0, 0.1) is 0 Å². The number of ether oxygens (including phenoxy) is 1. The van der Waals surface area contributed by atoms with E-state index in [1.54, 1.807) is 0 Å². The third-order valence-electron chi connectivity index (χ3n) is 14.6. The van der Waals surface area contributed by atoms with E-state index in [-0.39, 0.29) is 21.7 Å². The number of rotatable bonds is 5. The Hall–Kier alpha value is -6.44. The van der Waals surface area contributed by atoms with Gasteiger partial charge in [0, 0.05) is 73.5 Å². The van der Waals surface area contributed by atoms with E-state index in [0.29, 0.717) is 6.67 Å². The lowest BCUT2D eigenvalue weighted by molar-refractivity contribution is 0.479. The minimum Gasteiger partial charge on any atom is -0.457 e. The molecule has 0 atom stereocenters. The maximum Gasteiger partial charge on any atom is 0.137 e. The number of pyridine rings is 1. The van der Waals surface area contributed by atoms with E-state index in [2.05, 4.69) is 222 Å². The first-order valence-electron chi connectivity index (χ1n) is 23.0. The summed E-state index contributed by atoms with van der Waals surface area (Å²) < 4.78 is 9.20. The zero-order valence-corrected chi connectivity index (χ0v) is 39.9. The molecule has 0 fully saturated rings. The zero-order valence-electron chi connectivity index (χ0n) is 39.0. The van der Waals surface area contributed by atoms with Crippen LogP contribution in [0.3, 0.4) is 0 Å². The highest BCUT2D eigenvalue weighted by Crippen LogP contribution is 2.66. The number of hydrogen-bond donors (Lipinski definition) is 0. The molecule has 0 saturated heterocycles. The fourth-order valence-corrected chi connectivity index (χ4v) is 11.9. The summed E-state index contributed by atoms with van der Waals surface area (Å²) in [6, 6.07) is 44.9. The Morgan fingerprint density at radius 1 is 0.538 bits per heavy atom. The van der Waals surface area contributed by atoms with Gasteiger partial charge in [0.05, 0.1) is 34.8 Å². The molecule has 0 unspecified atom stereocenters. The molecule has 0 N–H and O–H groups in total. The van der Waals surface area contributed by atoms with Crippen LogP contribution >= 0.6 is 11.8 Å². The molecule has 0 amide bonds. The Balaban J connectivity index is 0.913. The maximum atomic E-state index is 6.92. The number of benzene rings is 6. The smallest absolute Gasteiger partial charge is 0.137 e. The number of aromatic nitrogens is 2. The Morgan fingerprint density at radius 2 is 1.15 bits per heavy atom. The van der Waals surface area contributed by atoms with Gasteiger partial charge in [-0.05, 0) is 111 Å². The van der Waals surface area contributed by atoms with Crippen LogP contribution in [0.2, 0.25) is 0 Å². The standard InChI is InChI=1S/C58H55N5OS/c1-55(2,3)35-23-24-59-51(29-35)62-47-18-12-11-15-41(47)42-22-21-39(33-48(42)62)64-40-28-36(56(4,5)6)27-37(30-40)60-25-26-61(34-60)38-31-45-52-46(32-38)58(9,10)44-17-14-20-50-54(44)63(52)53-43(57(45,7)8)16-13-19-49(53)65-50/h11-33H,34H2,1-10H3. The lowest BCUT2D eigenvalue weighted by atomic mass is 9.66. The summed E-state index contributed by atoms with van der Waals surface area (Å²) in [6.07, 6.45) is 6.40. The molecule has 8 aromatic rings. The van der Waals surface area contributed by atoms with E-state index in [1.165, 1.54) is 76.7 Å². The predicted molar refractivity (Wildman–Crippen MR) is 271 cm³/mol. The van der Waals surface area contributed by atoms with Gasteiger partial charge in [-0.25, -0.2) is 4.98 Å². The first kappa shape index (κ1) is 40.1. The zero-order chi connectivity index (χ0) is 44.9. The van der Waals surface area contributed by atoms with Crippen LogP contribution in [0.1, 0.15) is 103 Å². The molecule has 6 aromatic carbocycles. The molecular weight excluding hydrogens is 815 g/mol. The van der Waals surface area contributed by atoms with Gasteiger partial charge in [-0.15, -0.1) is 0 Å². The van der Waals surface area contributed by atoms with Crippen molar-refractivity contribution >= 4 is 62.0 Å². The molecule has 0 spiro atoms. The van der Waals surface area contributed by atoms with E-state index in [9.17, 15) is 0 Å². The molecule has 0 bridgehead atoms. The summed E-state index contributed by atoms with van der Waals surface area (Å²) in [5.41, 5.74) is 16.1. The van der Waals surface area contributed by atoms with Crippen molar-refractivity contribution in [3.05, 3.63) is 173 Å². The second-order valence-corrected chi connectivity index (χ2v) is 22.6. The van der Waals surface area contributed by atoms with Crippen LogP contribution < -0.4 is 19.4 Å². The molecule has 0 radical (unpaired) electrons. The number of fused-ring (bicyclic) bond motifs is 3. The van der Waals surface area contributed by atoms with Crippen molar-refractivity contribution in [3.8, 4) is 17.3 Å². The molecule has 65 heavy (non-hydrogen) atoms. The SMILES string of the molecule is CC(C)(C)c1cc(Oc2ccc3c4ccccc4n(-c4cc(C(C)(C)C)ccn4)c3c2)cc(N2C=CN(c3cc4c5c(c3)C(C)(C)c3cccc6c3N5c3c(cccc3C4(C)C)S6)C2)c1. The lowest BCUT2D eigenvalue weighted by Gasteiger charge is -2.52. The van der Waals surface area contributed by atoms with Gasteiger partial charge in [0.25, 0.3) is 0 Å². The molecule has 7 heteroatoms. The van der Waals surface area contributed by atoms with E-state index in [1.807, 2.05) is 18.0 Å². The van der Waals surface area contributed by atoms with E-state index in [0.717, 1.165) is 34.0 Å². The minimum absolute atomic E-state index is 0.00551. The van der Waals surface area contributed by atoms with E-state index >= 15 is 0 Å². The number of anilines is 5. The van der Waals surface area contributed by atoms with Crippen molar-refractivity contribution in [2.45, 2.75) is 101 Å². The topological polar surface area (TPSA) is 36.8 Å². The van der Waals surface area contributed by atoms with Crippen molar-refractivity contribution < 1.29 is 4.74 Å². The van der Waals surface area contributed by atoms with Gasteiger partial charge in [-0.1, -0.05) is 123 Å². The van der Waals surface area contributed by atoms with Crippen molar-refractivity contribution in [2.24, 2.45) is 0 Å². The van der Waals surface area contributed by atoms with Crippen LogP contribution in [0.15, 0.2) is 150 Å². The van der Waals surface area contributed by atoms with Gasteiger partial charge < -0.3 is 19.4 Å². The Bertz CT molecular complexity index is 3270. The first-order chi connectivity index (χ1) is 31.0. The summed E-state index contributed by atoms with van der Waals surface area (Å²) in [5.74, 6) is 2.50. The molecule has 6 heterocycles. The number of para-hydroxylation sites is 3. The van der Waals surface area contributed by atoms with Crippen molar-refractivity contribution in [1.82, 2.24) is 9.55 Å². The summed E-state index contributed by atoms with van der Waals surface area (Å²) in [7, 11) is 0. The number of hydrogen-bond acceptors (Lipinski definition) is 6. The second-order valence-electron chi connectivity index (χ2n) is 21.5. The molecule has 324 valence electrons. The summed E-state index contributed by atoms with van der Waals surface area (Å²) >= 11 is 1.92. The van der Waals surface area contributed by atoms with Gasteiger partial charge in [-0.3, -0.25) is 4.57 Å². The van der Waals surface area contributed by atoms with Gasteiger partial charge >= 0.3 is 0 Å².